The molecule has 2 aromatic heterocycles. The Bertz CT molecular complexity index is 2160. The third-order valence-electron chi connectivity index (χ3n) is 10.3. The molecule has 13 heteroatoms. The molecule has 6 rings (SSSR count). The standard InChI is InChI=1S/C45H58BrN5O7/c1-7-56-43(52)42-35(19-12-26-57-39-20-10-15-32-14-8-9-16-33(32)39)34-17-11-18-36(41(34)50(42)22-13-21-48(5)44(53)58-45(2,3)4)40-37(30-46)47-51(25-27-54-6)38(40)31-49-23-28-55-29-24-49/h8-11,14-18,20H,7,12-13,19,21-31H2,1-6H3. The zero-order valence-corrected chi connectivity index (χ0v) is 36.4. The number of nitrogens with zero attached hydrogens (tertiary/aromatic N) is 5. The van der Waals surface area contributed by atoms with Gasteiger partial charge in [0.2, 0.25) is 0 Å². The first kappa shape index (κ1) is 43.2. The fourth-order valence-corrected chi connectivity index (χ4v) is 8.08. The van der Waals surface area contributed by atoms with Gasteiger partial charge >= 0.3 is 12.1 Å². The second-order valence-corrected chi connectivity index (χ2v) is 16.2. The van der Waals surface area contributed by atoms with Gasteiger partial charge in [-0.15, -0.1) is 0 Å². The van der Waals surface area contributed by atoms with Gasteiger partial charge in [0.05, 0.1) is 56.5 Å². The van der Waals surface area contributed by atoms with Gasteiger partial charge in [-0.1, -0.05) is 70.5 Å². The summed E-state index contributed by atoms with van der Waals surface area (Å²) in [6, 6.07) is 20.6. The fraction of sp³-hybridized carbons (Fsp3) is 0.489. The molecular formula is C45H58BrN5O7. The summed E-state index contributed by atoms with van der Waals surface area (Å²) in [5.41, 5.74) is 5.79. The van der Waals surface area contributed by atoms with Gasteiger partial charge in [0.25, 0.3) is 0 Å². The van der Waals surface area contributed by atoms with E-state index in [1.54, 1.807) is 19.1 Å². The number of hydrogen-bond acceptors (Lipinski definition) is 9. The highest BCUT2D eigenvalue weighted by Crippen LogP contribution is 2.40. The molecule has 0 unspecified atom stereocenters. The second-order valence-electron chi connectivity index (χ2n) is 15.6. The molecule has 0 aliphatic carbocycles. The smallest absolute Gasteiger partial charge is 0.410 e. The largest absolute Gasteiger partial charge is 0.493 e. The van der Waals surface area contributed by atoms with E-state index in [0.29, 0.717) is 82.9 Å². The van der Waals surface area contributed by atoms with Crippen molar-refractivity contribution in [3.8, 4) is 16.9 Å². The van der Waals surface area contributed by atoms with E-state index in [9.17, 15) is 9.59 Å². The van der Waals surface area contributed by atoms with Crippen LogP contribution in [0.2, 0.25) is 0 Å². The Hall–Kier alpha value is -4.43. The van der Waals surface area contributed by atoms with Crippen LogP contribution in [-0.4, -0.2) is 109 Å². The molecule has 312 valence electrons. The summed E-state index contributed by atoms with van der Waals surface area (Å²) in [5, 5.41) is 8.85. The Kier molecular flexibility index (Phi) is 14.9. The number of esters is 1. The van der Waals surface area contributed by atoms with Crippen LogP contribution < -0.4 is 4.74 Å². The number of alkyl halides is 1. The molecule has 0 saturated carbocycles. The minimum absolute atomic E-state index is 0.238. The number of morpholine rings is 1. The van der Waals surface area contributed by atoms with Crippen molar-refractivity contribution < 1.29 is 33.3 Å². The Morgan fingerprint density at radius 2 is 1.69 bits per heavy atom. The van der Waals surface area contributed by atoms with Crippen LogP contribution in [0.3, 0.4) is 0 Å². The highest BCUT2D eigenvalue weighted by molar-refractivity contribution is 9.08. The molecule has 1 aliphatic rings. The van der Waals surface area contributed by atoms with Gasteiger partial charge in [0, 0.05) is 74.1 Å². The minimum Gasteiger partial charge on any atom is -0.493 e. The highest BCUT2D eigenvalue weighted by atomic mass is 79.9. The van der Waals surface area contributed by atoms with Crippen LogP contribution in [0.1, 0.15) is 68.0 Å². The molecule has 3 heterocycles. The monoisotopic (exact) mass is 859 g/mol. The number of carbonyl (C=O) groups excluding carboxylic acids is 2. The number of aromatic nitrogens is 3. The molecule has 5 aromatic rings. The highest BCUT2D eigenvalue weighted by Gasteiger charge is 2.30. The summed E-state index contributed by atoms with van der Waals surface area (Å²) < 4.78 is 33.3. The number of halogens is 1. The predicted octanol–water partition coefficient (Wildman–Crippen LogP) is 8.48. The number of benzene rings is 3. The molecule has 0 radical (unpaired) electrons. The maximum Gasteiger partial charge on any atom is 0.410 e. The molecule has 0 atom stereocenters. The van der Waals surface area contributed by atoms with Gasteiger partial charge in [0.15, 0.2) is 0 Å². The zero-order chi connectivity index (χ0) is 41.2. The van der Waals surface area contributed by atoms with E-state index in [-0.39, 0.29) is 18.7 Å². The molecular weight excluding hydrogens is 802 g/mol. The summed E-state index contributed by atoms with van der Waals surface area (Å²) in [6.07, 6.45) is 1.44. The number of amides is 1. The van der Waals surface area contributed by atoms with E-state index in [1.807, 2.05) is 52.0 Å². The van der Waals surface area contributed by atoms with E-state index < -0.39 is 5.60 Å². The van der Waals surface area contributed by atoms with Crippen molar-refractivity contribution in [2.75, 3.05) is 66.8 Å². The van der Waals surface area contributed by atoms with Crippen LogP contribution >= 0.6 is 15.9 Å². The minimum atomic E-state index is -0.611. The van der Waals surface area contributed by atoms with Gasteiger partial charge in [-0.25, -0.2) is 9.59 Å². The maximum atomic E-state index is 14.2. The third-order valence-corrected chi connectivity index (χ3v) is 10.9. The molecule has 1 fully saturated rings. The Balaban J connectivity index is 1.45. The Morgan fingerprint density at radius 1 is 0.948 bits per heavy atom. The number of fused-ring (bicyclic) bond motifs is 2. The van der Waals surface area contributed by atoms with E-state index in [0.717, 1.165) is 68.6 Å². The maximum absolute atomic E-state index is 14.2. The van der Waals surface area contributed by atoms with E-state index in [1.165, 1.54) is 0 Å². The number of para-hydroxylation sites is 1. The lowest BCUT2D eigenvalue weighted by Crippen LogP contribution is -2.36. The van der Waals surface area contributed by atoms with Crippen molar-refractivity contribution >= 4 is 49.7 Å². The fourth-order valence-electron chi connectivity index (χ4n) is 7.69. The first-order valence-corrected chi connectivity index (χ1v) is 21.5. The summed E-state index contributed by atoms with van der Waals surface area (Å²) in [7, 11) is 3.45. The number of rotatable bonds is 18. The Labute approximate surface area is 350 Å². The zero-order valence-electron chi connectivity index (χ0n) is 34.9. The number of aryl methyl sites for hydroxylation is 2. The molecule has 0 N–H and O–H groups in total. The van der Waals surface area contributed by atoms with Gasteiger partial charge < -0.3 is 33.2 Å². The summed E-state index contributed by atoms with van der Waals surface area (Å²) in [5.74, 6) is 0.461. The number of carbonyl (C=O) groups is 2. The lowest BCUT2D eigenvalue weighted by atomic mass is 9.98. The number of ether oxygens (including phenoxy) is 5. The third kappa shape index (κ3) is 10.2. The van der Waals surface area contributed by atoms with Crippen LogP contribution in [0.25, 0.3) is 32.8 Å². The van der Waals surface area contributed by atoms with Crippen molar-refractivity contribution in [1.82, 2.24) is 24.1 Å². The number of methoxy groups -OCH3 is 1. The molecule has 0 bridgehead atoms. The van der Waals surface area contributed by atoms with Crippen molar-refractivity contribution in [2.45, 2.75) is 77.5 Å². The van der Waals surface area contributed by atoms with Crippen molar-refractivity contribution in [3.63, 3.8) is 0 Å². The van der Waals surface area contributed by atoms with Crippen LogP contribution in [0.5, 0.6) is 5.75 Å². The Morgan fingerprint density at radius 3 is 2.43 bits per heavy atom. The second kappa shape index (κ2) is 20.0. The van der Waals surface area contributed by atoms with Crippen LogP contribution in [0, 0.1) is 0 Å². The van der Waals surface area contributed by atoms with Crippen molar-refractivity contribution in [2.24, 2.45) is 0 Å². The summed E-state index contributed by atoms with van der Waals surface area (Å²) in [6.45, 7) is 13.8. The van der Waals surface area contributed by atoms with E-state index >= 15 is 0 Å². The van der Waals surface area contributed by atoms with E-state index in [4.69, 9.17) is 28.8 Å². The van der Waals surface area contributed by atoms with E-state index in [2.05, 4.69) is 66.5 Å². The predicted molar refractivity (Wildman–Crippen MR) is 231 cm³/mol. The van der Waals surface area contributed by atoms with Crippen LogP contribution in [-0.2, 0) is 50.3 Å². The SMILES string of the molecule is CCOC(=O)c1c(CCCOc2cccc3ccccc23)c2cccc(-c3c(CBr)nn(CCOC)c3CN3CCOCC3)c2n1CCCN(C)C(=O)OC(C)(C)C. The summed E-state index contributed by atoms with van der Waals surface area (Å²) in [4.78, 5) is 31.2. The summed E-state index contributed by atoms with van der Waals surface area (Å²) >= 11 is 3.78. The van der Waals surface area contributed by atoms with Crippen molar-refractivity contribution in [1.29, 1.82) is 0 Å². The van der Waals surface area contributed by atoms with Gasteiger partial charge in [-0.05, 0) is 64.0 Å². The average Bonchev–Trinajstić information content (AvgIpc) is 3.72. The molecule has 1 aliphatic heterocycles. The molecule has 1 amide bonds. The van der Waals surface area contributed by atoms with Crippen molar-refractivity contribution in [3.05, 3.63) is 83.3 Å². The topological polar surface area (TPSA) is 110 Å². The number of hydrogen-bond donors (Lipinski definition) is 0. The molecule has 0 spiro atoms. The lowest BCUT2D eigenvalue weighted by Gasteiger charge is -2.27. The normalized spacial score (nSPS) is 13.6. The first-order valence-electron chi connectivity index (χ1n) is 20.3. The lowest BCUT2D eigenvalue weighted by molar-refractivity contribution is 0.0294. The molecule has 58 heavy (non-hydrogen) atoms. The average molecular weight is 861 g/mol. The first-order chi connectivity index (χ1) is 28.0. The van der Waals surface area contributed by atoms with Crippen LogP contribution in [0.15, 0.2) is 60.7 Å². The van der Waals surface area contributed by atoms with Crippen LogP contribution in [0.4, 0.5) is 4.79 Å². The molecule has 3 aromatic carbocycles. The van der Waals surface area contributed by atoms with Gasteiger partial charge in [-0.3, -0.25) is 9.58 Å². The van der Waals surface area contributed by atoms with Gasteiger partial charge in [0.1, 0.15) is 17.0 Å². The molecule has 12 nitrogen and oxygen atoms in total. The molecule has 1 saturated heterocycles. The quantitative estimate of drug-likeness (QED) is 0.0487. The van der Waals surface area contributed by atoms with Gasteiger partial charge in [-0.2, -0.15) is 5.10 Å².